The molecule has 0 aliphatic carbocycles. The number of likely N-dealkylation sites (tertiary alicyclic amines) is 1. The van der Waals surface area contributed by atoms with Crippen LogP contribution in [0.1, 0.15) is 12.8 Å². The highest BCUT2D eigenvalue weighted by Gasteiger charge is 2.22. The Morgan fingerprint density at radius 1 is 1.31 bits per heavy atom. The van der Waals surface area contributed by atoms with Gasteiger partial charge in [0, 0.05) is 12.6 Å². The quantitative estimate of drug-likeness (QED) is 0.551. The summed E-state index contributed by atoms with van der Waals surface area (Å²) in [6.07, 6.45) is 2.27. The van der Waals surface area contributed by atoms with Gasteiger partial charge in [-0.15, -0.1) is 0 Å². The molecule has 0 amide bonds. The van der Waals surface area contributed by atoms with Crippen LogP contribution in [0.4, 0.5) is 0 Å². The summed E-state index contributed by atoms with van der Waals surface area (Å²) in [5.74, 6) is 0. The number of rotatable bonds is 6. The SMILES string of the molecule is OCCOCCN1CCC[C@H]1CO. The number of ether oxygens (including phenoxy) is 1. The number of nitrogens with zero attached hydrogens (tertiary/aromatic N) is 1. The maximum absolute atomic E-state index is 9.02. The molecule has 1 atom stereocenters. The molecular weight excluding hydrogens is 170 g/mol. The van der Waals surface area contributed by atoms with Crippen molar-refractivity contribution >= 4 is 0 Å². The van der Waals surface area contributed by atoms with Gasteiger partial charge in [-0.05, 0) is 19.4 Å². The minimum absolute atomic E-state index is 0.0867. The Kier molecular flexibility index (Phi) is 5.31. The number of hydrogen-bond donors (Lipinski definition) is 2. The van der Waals surface area contributed by atoms with Gasteiger partial charge >= 0.3 is 0 Å². The molecule has 0 aromatic heterocycles. The Balaban J connectivity index is 2.06. The minimum atomic E-state index is 0.0867. The van der Waals surface area contributed by atoms with E-state index in [1.54, 1.807) is 0 Å². The van der Waals surface area contributed by atoms with E-state index in [4.69, 9.17) is 14.9 Å². The molecule has 0 spiro atoms. The molecule has 0 unspecified atom stereocenters. The Morgan fingerprint density at radius 3 is 2.85 bits per heavy atom. The molecule has 1 aliphatic rings. The van der Waals surface area contributed by atoms with Crippen molar-refractivity contribution in [1.82, 2.24) is 4.90 Å². The largest absolute Gasteiger partial charge is 0.395 e. The molecule has 0 aromatic rings. The Bertz CT molecular complexity index is 132. The van der Waals surface area contributed by atoms with Crippen LogP contribution in [0.3, 0.4) is 0 Å². The van der Waals surface area contributed by atoms with Gasteiger partial charge < -0.3 is 14.9 Å². The molecule has 0 radical (unpaired) electrons. The van der Waals surface area contributed by atoms with Gasteiger partial charge in [-0.1, -0.05) is 0 Å². The molecule has 0 aromatic carbocycles. The lowest BCUT2D eigenvalue weighted by Gasteiger charge is -2.22. The van der Waals surface area contributed by atoms with E-state index >= 15 is 0 Å². The van der Waals surface area contributed by atoms with E-state index < -0.39 is 0 Å². The van der Waals surface area contributed by atoms with E-state index in [-0.39, 0.29) is 13.2 Å². The summed E-state index contributed by atoms with van der Waals surface area (Å²) in [5, 5.41) is 17.5. The second-order valence-electron chi connectivity index (χ2n) is 3.35. The summed E-state index contributed by atoms with van der Waals surface area (Å²) in [4.78, 5) is 2.25. The highest BCUT2D eigenvalue weighted by Crippen LogP contribution is 2.15. The van der Waals surface area contributed by atoms with Crippen LogP contribution in [0.2, 0.25) is 0 Å². The van der Waals surface area contributed by atoms with E-state index in [9.17, 15) is 0 Å². The van der Waals surface area contributed by atoms with Crippen LogP contribution in [0, 0.1) is 0 Å². The van der Waals surface area contributed by atoms with Crippen LogP contribution in [0.15, 0.2) is 0 Å². The monoisotopic (exact) mass is 189 g/mol. The predicted molar refractivity (Wildman–Crippen MR) is 49.6 cm³/mol. The van der Waals surface area contributed by atoms with Gasteiger partial charge in [-0.2, -0.15) is 0 Å². The van der Waals surface area contributed by atoms with Crippen molar-refractivity contribution in [2.24, 2.45) is 0 Å². The molecule has 1 heterocycles. The standard InChI is InChI=1S/C9H19NO3/c11-5-7-13-6-4-10-3-1-2-9(10)8-12/h9,11-12H,1-8H2/t9-/m0/s1. The zero-order valence-corrected chi connectivity index (χ0v) is 7.98. The second kappa shape index (κ2) is 6.32. The Morgan fingerprint density at radius 2 is 2.15 bits per heavy atom. The summed E-state index contributed by atoms with van der Waals surface area (Å²) in [7, 11) is 0. The zero-order valence-electron chi connectivity index (χ0n) is 7.98. The van der Waals surface area contributed by atoms with E-state index in [1.165, 1.54) is 6.42 Å². The smallest absolute Gasteiger partial charge is 0.0698 e. The molecule has 13 heavy (non-hydrogen) atoms. The van der Waals surface area contributed by atoms with Gasteiger partial charge in [0.15, 0.2) is 0 Å². The third-order valence-electron chi connectivity index (χ3n) is 2.47. The van der Waals surface area contributed by atoms with E-state index in [0.29, 0.717) is 19.3 Å². The van der Waals surface area contributed by atoms with Crippen LogP contribution >= 0.6 is 0 Å². The average molecular weight is 189 g/mol. The van der Waals surface area contributed by atoms with E-state index in [2.05, 4.69) is 4.90 Å². The molecule has 1 rings (SSSR count). The van der Waals surface area contributed by atoms with Crippen LogP contribution in [0.25, 0.3) is 0 Å². The third-order valence-corrected chi connectivity index (χ3v) is 2.47. The van der Waals surface area contributed by atoms with Gasteiger partial charge in [-0.3, -0.25) is 4.90 Å². The predicted octanol–water partition coefficient (Wildman–Crippen LogP) is -0.548. The normalized spacial score (nSPS) is 24.0. The second-order valence-corrected chi connectivity index (χ2v) is 3.35. The topological polar surface area (TPSA) is 52.9 Å². The van der Waals surface area contributed by atoms with Crippen molar-refractivity contribution in [2.45, 2.75) is 18.9 Å². The van der Waals surface area contributed by atoms with Crippen LogP contribution in [0.5, 0.6) is 0 Å². The lowest BCUT2D eigenvalue weighted by Crippen LogP contribution is -2.35. The maximum atomic E-state index is 9.02. The first-order chi connectivity index (χ1) is 6.38. The summed E-state index contributed by atoms with van der Waals surface area (Å²) in [6, 6.07) is 0.331. The Labute approximate surface area is 79.1 Å². The van der Waals surface area contributed by atoms with Gasteiger partial charge in [0.25, 0.3) is 0 Å². The molecule has 1 saturated heterocycles. The van der Waals surface area contributed by atoms with Gasteiger partial charge in [0.2, 0.25) is 0 Å². The number of aliphatic hydroxyl groups is 2. The minimum Gasteiger partial charge on any atom is -0.395 e. The van der Waals surface area contributed by atoms with Crippen molar-refractivity contribution < 1.29 is 14.9 Å². The van der Waals surface area contributed by atoms with Crippen molar-refractivity contribution in [2.75, 3.05) is 39.5 Å². The molecule has 0 bridgehead atoms. The van der Waals surface area contributed by atoms with Crippen LogP contribution in [-0.2, 0) is 4.74 Å². The lowest BCUT2D eigenvalue weighted by atomic mass is 10.2. The molecule has 2 N–H and O–H groups in total. The Hall–Kier alpha value is -0.160. The number of hydrogen-bond acceptors (Lipinski definition) is 4. The van der Waals surface area contributed by atoms with Gasteiger partial charge in [-0.25, -0.2) is 0 Å². The third kappa shape index (κ3) is 3.60. The average Bonchev–Trinajstić information content (AvgIpc) is 2.60. The fourth-order valence-electron chi connectivity index (χ4n) is 1.74. The molecule has 0 saturated carbocycles. The first kappa shape index (κ1) is 10.9. The van der Waals surface area contributed by atoms with Crippen molar-refractivity contribution in [1.29, 1.82) is 0 Å². The fourth-order valence-corrected chi connectivity index (χ4v) is 1.74. The molecule has 4 nitrogen and oxygen atoms in total. The van der Waals surface area contributed by atoms with E-state index in [1.807, 2.05) is 0 Å². The first-order valence-electron chi connectivity index (χ1n) is 4.92. The summed E-state index contributed by atoms with van der Waals surface area (Å²) < 4.78 is 5.16. The van der Waals surface area contributed by atoms with Crippen molar-refractivity contribution in [3.05, 3.63) is 0 Å². The van der Waals surface area contributed by atoms with Gasteiger partial charge in [0.1, 0.15) is 0 Å². The molecule has 1 aliphatic heterocycles. The maximum Gasteiger partial charge on any atom is 0.0698 e. The first-order valence-corrected chi connectivity index (χ1v) is 4.92. The molecule has 1 fully saturated rings. The van der Waals surface area contributed by atoms with Crippen LogP contribution < -0.4 is 0 Å². The molecule has 78 valence electrons. The van der Waals surface area contributed by atoms with Gasteiger partial charge in [0.05, 0.1) is 26.4 Å². The zero-order chi connectivity index (χ0) is 9.52. The van der Waals surface area contributed by atoms with Crippen molar-refractivity contribution in [3.8, 4) is 0 Å². The summed E-state index contributed by atoms with van der Waals surface area (Å²) >= 11 is 0. The van der Waals surface area contributed by atoms with Crippen molar-refractivity contribution in [3.63, 3.8) is 0 Å². The molecular formula is C9H19NO3. The number of aliphatic hydroxyl groups excluding tert-OH is 2. The highest BCUT2D eigenvalue weighted by molar-refractivity contribution is 4.77. The fraction of sp³-hybridized carbons (Fsp3) is 1.00. The molecule has 4 heteroatoms. The lowest BCUT2D eigenvalue weighted by molar-refractivity contribution is 0.0634. The highest BCUT2D eigenvalue weighted by atomic mass is 16.5. The van der Waals surface area contributed by atoms with E-state index in [0.717, 1.165) is 19.5 Å². The summed E-state index contributed by atoms with van der Waals surface area (Å²) in [5.41, 5.74) is 0. The summed E-state index contributed by atoms with van der Waals surface area (Å²) in [6.45, 7) is 3.33. The van der Waals surface area contributed by atoms with Crippen LogP contribution in [-0.4, -0.2) is 60.7 Å².